The molecule has 4 rings (SSSR count). The predicted octanol–water partition coefficient (Wildman–Crippen LogP) is 2.52. The lowest BCUT2D eigenvalue weighted by Gasteiger charge is -2.38. The maximum Gasteiger partial charge on any atom is 0.427 e. The highest BCUT2D eigenvalue weighted by Gasteiger charge is 2.51. The van der Waals surface area contributed by atoms with Crippen molar-refractivity contribution in [3.05, 3.63) is 48.3 Å². The van der Waals surface area contributed by atoms with Gasteiger partial charge in [0.05, 0.1) is 36.9 Å². The average molecular weight is 591 g/mol. The average Bonchev–Trinajstić information content (AvgIpc) is 2.84. The first-order chi connectivity index (χ1) is 18.5. The Morgan fingerprint density at radius 1 is 1.15 bits per heavy atom. The molecule has 40 heavy (non-hydrogen) atoms. The van der Waals surface area contributed by atoms with E-state index in [2.05, 4.69) is 15.4 Å². The van der Waals surface area contributed by atoms with Gasteiger partial charge < -0.3 is 25.3 Å². The topological polar surface area (TPSA) is 149 Å². The second-order valence-electron chi connectivity index (χ2n) is 9.79. The number of nitrogens with zero attached hydrogens (tertiary/aromatic N) is 1. The molecule has 218 valence electrons. The molecule has 2 aromatic carbocycles. The molecule has 2 amide bonds. The zero-order chi connectivity index (χ0) is 29.5. The maximum atomic E-state index is 13.6. The summed E-state index contributed by atoms with van der Waals surface area (Å²) in [7, 11) is -4.34. The molecule has 2 aliphatic rings. The van der Waals surface area contributed by atoms with E-state index in [0.29, 0.717) is 13.8 Å². The molecule has 11 nitrogen and oxygen atoms in total. The van der Waals surface area contributed by atoms with Gasteiger partial charge in [-0.2, -0.15) is 13.2 Å². The third-order valence-electron chi connectivity index (χ3n) is 6.23. The van der Waals surface area contributed by atoms with Crippen molar-refractivity contribution >= 4 is 33.4 Å². The largest absolute Gasteiger partial charge is 0.484 e. The summed E-state index contributed by atoms with van der Waals surface area (Å²) < 4.78 is 96.2. The summed E-state index contributed by atoms with van der Waals surface area (Å²) in [6, 6.07) is 7.78. The van der Waals surface area contributed by atoms with Crippen molar-refractivity contribution in [1.82, 2.24) is 5.32 Å². The van der Waals surface area contributed by atoms with Gasteiger partial charge in [0, 0.05) is 5.69 Å². The highest BCUT2D eigenvalue weighted by atomic mass is 32.2. The van der Waals surface area contributed by atoms with E-state index >= 15 is 0 Å². The second-order valence-corrected chi connectivity index (χ2v) is 11.7. The summed E-state index contributed by atoms with van der Waals surface area (Å²) in [6.07, 6.45) is -7.16. The lowest BCUT2D eigenvalue weighted by molar-refractivity contribution is -0.242. The minimum absolute atomic E-state index is 0.0244. The molecule has 2 heterocycles. The third kappa shape index (κ3) is 5.93. The summed E-state index contributed by atoms with van der Waals surface area (Å²) in [5.74, 6) is -1.15. The molecule has 4 N–H and O–H groups in total. The van der Waals surface area contributed by atoms with Crippen LogP contribution in [-0.4, -0.2) is 70.1 Å². The zero-order valence-corrected chi connectivity index (χ0v) is 22.1. The minimum Gasteiger partial charge on any atom is -0.484 e. The predicted molar refractivity (Wildman–Crippen MR) is 133 cm³/mol. The van der Waals surface area contributed by atoms with Crippen LogP contribution < -0.4 is 25.4 Å². The number of anilines is 2. The van der Waals surface area contributed by atoms with Gasteiger partial charge in [0.25, 0.3) is 10.0 Å². The summed E-state index contributed by atoms with van der Waals surface area (Å²) in [5.41, 5.74) is 1.76. The van der Waals surface area contributed by atoms with Crippen LogP contribution in [0.5, 0.6) is 5.75 Å². The van der Waals surface area contributed by atoms with E-state index < -0.39 is 51.3 Å². The number of halogens is 4. The van der Waals surface area contributed by atoms with E-state index in [1.54, 1.807) is 0 Å². The second kappa shape index (κ2) is 10.4. The van der Waals surface area contributed by atoms with Crippen LogP contribution in [0.25, 0.3) is 0 Å². The normalized spacial score (nSPS) is 18.6. The van der Waals surface area contributed by atoms with Crippen molar-refractivity contribution < 1.29 is 49.8 Å². The van der Waals surface area contributed by atoms with Crippen molar-refractivity contribution in [2.75, 3.05) is 35.9 Å². The molecule has 0 aliphatic carbocycles. The van der Waals surface area contributed by atoms with Crippen LogP contribution in [-0.2, 0) is 24.3 Å². The summed E-state index contributed by atoms with van der Waals surface area (Å²) >= 11 is 0. The van der Waals surface area contributed by atoms with Crippen molar-refractivity contribution in [3.63, 3.8) is 0 Å². The SMILES string of the molecule is CC(C)(OC(=O)Nc1ccc2c(c1)N(S(=O)(=O)c1ccc(F)cc1)CC(CNC(=O)C1(N)COC1)O2)C(F)(F)F. The quantitative estimate of drug-likeness (QED) is 0.417. The van der Waals surface area contributed by atoms with Crippen molar-refractivity contribution in [2.24, 2.45) is 5.73 Å². The molecule has 0 radical (unpaired) electrons. The fraction of sp³-hybridized carbons (Fsp3) is 0.417. The fourth-order valence-corrected chi connectivity index (χ4v) is 5.22. The van der Waals surface area contributed by atoms with Gasteiger partial charge in [-0.05, 0) is 56.3 Å². The Morgan fingerprint density at radius 2 is 1.80 bits per heavy atom. The molecular weight excluding hydrogens is 564 g/mol. The van der Waals surface area contributed by atoms with Crippen LogP contribution in [0.4, 0.5) is 33.7 Å². The number of fused-ring (bicyclic) bond motifs is 1. The van der Waals surface area contributed by atoms with Crippen molar-refractivity contribution in [3.8, 4) is 5.75 Å². The van der Waals surface area contributed by atoms with Gasteiger partial charge in [0.1, 0.15) is 23.2 Å². The van der Waals surface area contributed by atoms with E-state index in [4.69, 9.17) is 15.2 Å². The molecule has 1 saturated heterocycles. The Labute approximate surface area is 226 Å². The Hall–Kier alpha value is -3.63. The van der Waals surface area contributed by atoms with Crippen molar-refractivity contribution in [2.45, 2.75) is 42.2 Å². The Balaban J connectivity index is 1.61. The molecule has 1 atom stereocenters. The Bertz CT molecular complexity index is 1400. The van der Waals surface area contributed by atoms with Crippen molar-refractivity contribution in [1.29, 1.82) is 0 Å². The number of hydrogen-bond acceptors (Lipinski definition) is 8. The van der Waals surface area contributed by atoms with Gasteiger partial charge in [-0.1, -0.05) is 0 Å². The molecule has 0 saturated carbocycles. The number of amides is 2. The number of carbonyl (C=O) groups is 2. The molecule has 16 heteroatoms. The van der Waals surface area contributed by atoms with Gasteiger partial charge in [0.15, 0.2) is 0 Å². The first kappa shape index (κ1) is 29.4. The molecule has 2 aliphatic heterocycles. The first-order valence-corrected chi connectivity index (χ1v) is 13.3. The number of alkyl halides is 3. The van der Waals surface area contributed by atoms with Gasteiger partial charge in [0.2, 0.25) is 11.5 Å². The highest BCUT2D eigenvalue weighted by Crippen LogP contribution is 2.39. The molecule has 0 bridgehead atoms. The standard InChI is InChI=1S/C24H26F4N4O7S/c1-22(2,24(26,27)28)39-21(34)31-15-5-8-19-18(9-15)32(40(35,36)17-6-3-14(25)4-7-17)11-16(38-19)10-30-20(33)23(29)12-37-13-23/h3-9,16H,10-13,29H2,1-2H3,(H,30,33)(H,31,34). The molecule has 2 aromatic rings. The van der Waals surface area contributed by atoms with Gasteiger partial charge >= 0.3 is 12.3 Å². The number of sulfonamides is 1. The van der Waals surface area contributed by atoms with E-state index in [9.17, 15) is 35.6 Å². The van der Waals surface area contributed by atoms with Gasteiger partial charge in [-0.3, -0.25) is 14.4 Å². The first-order valence-electron chi connectivity index (χ1n) is 11.8. The van der Waals surface area contributed by atoms with E-state index in [-0.39, 0.29) is 48.3 Å². The van der Waals surface area contributed by atoms with E-state index in [1.807, 2.05) is 0 Å². The summed E-state index contributed by atoms with van der Waals surface area (Å²) in [4.78, 5) is 24.3. The van der Waals surface area contributed by atoms with Crippen LogP contribution >= 0.6 is 0 Å². The lowest BCUT2D eigenvalue weighted by Crippen LogP contribution is -2.67. The number of carbonyl (C=O) groups excluding carboxylic acids is 2. The van der Waals surface area contributed by atoms with Crippen LogP contribution in [0.15, 0.2) is 47.4 Å². The highest BCUT2D eigenvalue weighted by molar-refractivity contribution is 7.92. The van der Waals surface area contributed by atoms with Crippen LogP contribution in [0.3, 0.4) is 0 Å². The molecule has 1 unspecified atom stereocenters. The minimum atomic E-state index is -4.84. The third-order valence-corrected chi connectivity index (χ3v) is 8.02. The Kier molecular flexibility index (Phi) is 7.64. The smallest absolute Gasteiger partial charge is 0.427 e. The van der Waals surface area contributed by atoms with Crippen LogP contribution in [0.1, 0.15) is 13.8 Å². The Morgan fingerprint density at radius 3 is 2.38 bits per heavy atom. The molecular formula is C24H26F4N4O7S. The monoisotopic (exact) mass is 590 g/mol. The molecule has 0 aromatic heterocycles. The van der Waals surface area contributed by atoms with Crippen LogP contribution in [0, 0.1) is 5.82 Å². The lowest BCUT2D eigenvalue weighted by atomic mass is 9.98. The zero-order valence-electron chi connectivity index (χ0n) is 21.2. The summed E-state index contributed by atoms with van der Waals surface area (Å²) in [5, 5.41) is 4.76. The fourth-order valence-electron chi connectivity index (χ4n) is 3.73. The van der Waals surface area contributed by atoms with Gasteiger partial charge in [-0.25, -0.2) is 17.6 Å². The number of benzene rings is 2. The van der Waals surface area contributed by atoms with Crippen LogP contribution in [0.2, 0.25) is 0 Å². The molecule has 0 spiro atoms. The van der Waals surface area contributed by atoms with E-state index in [0.717, 1.165) is 28.6 Å². The molecule has 1 fully saturated rings. The number of ether oxygens (including phenoxy) is 3. The number of rotatable bonds is 7. The van der Waals surface area contributed by atoms with E-state index in [1.165, 1.54) is 18.2 Å². The number of hydrogen-bond donors (Lipinski definition) is 3. The van der Waals surface area contributed by atoms with Gasteiger partial charge in [-0.15, -0.1) is 0 Å². The summed E-state index contributed by atoms with van der Waals surface area (Å²) in [6.45, 7) is 0.941. The number of nitrogens with one attached hydrogen (secondary N) is 2. The maximum absolute atomic E-state index is 13.6. The number of nitrogens with two attached hydrogens (primary N) is 1.